The number of carbonyl (C=O) groups excluding carboxylic acids is 1. The van der Waals surface area contributed by atoms with Gasteiger partial charge in [0.1, 0.15) is 29.9 Å². The second-order valence-corrected chi connectivity index (χ2v) is 16.9. The molecule has 1 amide bonds. The maximum absolute atomic E-state index is 16.5. The number of benzene rings is 3. The number of anilines is 1. The van der Waals surface area contributed by atoms with Crippen molar-refractivity contribution in [3.63, 3.8) is 0 Å². The van der Waals surface area contributed by atoms with Gasteiger partial charge in [-0.05, 0) is 74.1 Å². The number of aliphatic hydroxyl groups is 1. The summed E-state index contributed by atoms with van der Waals surface area (Å²) in [5.74, 6) is -0.461. The molecule has 6 heterocycles. The van der Waals surface area contributed by atoms with E-state index in [1.807, 2.05) is 48.1 Å². The minimum absolute atomic E-state index is 0.0595. The standard InChI is InChI=1S/C44H49FN6O7/c1-25-34(45)19-35-33(20-46-51(35)36-11-7-8-15-55-36)37(25)38-31(27-12-13-27)18-32-39(40(38)56-23-26-9-5-4-6-10-26)47-42(57-30-14-16-54-24-30)48-41(32)49-21-29-17-28(49)22-50(29)43(52)58-44(2,3)53/h4-6,9-10,18-20,27-30,36,53H,7-8,11-17,21-24H2,1-3H3/t28-,29-,30?,36?/m0/s1. The van der Waals surface area contributed by atoms with Crippen LogP contribution < -0.4 is 14.4 Å². The predicted molar refractivity (Wildman–Crippen MR) is 213 cm³/mol. The highest BCUT2D eigenvalue weighted by Crippen LogP contribution is 2.54. The molecule has 1 saturated carbocycles. The molecule has 13 nitrogen and oxygen atoms in total. The van der Waals surface area contributed by atoms with Gasteiger partial charge in [0.15, 0.2) is 12.0 Å². The normalized spacial score (nSPS) is 23.3. The summed E-state index contributed by atoms with van der Waals surface area (Å²) < 4.78 is 49.0. The highest BCUT2D eigenvalue weighted by molar-refractivity contribution is 6.06. The molecule has 3 aromatic carbocycles. The zero-order chi connectivity index (χ0) is 39.7. The Morgan fingerprint density at radius 3 is 2.55 bits per heavy atom. The van der Waals surface area contributed by atoms with Crippen LogP contribution in [0.3, 0.4) is 0 Å². The molecule has 5 fully saturated rings. The fraction of sp³-hybridized carbons (Fsp3) is 0.500. The average Bonchev–Trinajstić information content (AvgIpc) is 3.52. The third-order valence-corrected chi connectivity index (χ3v) is 12.2. The average molecular weight is 793 g/mol. The van der Waals surface area contributed by atoms with Gasteiger partial charge in [0, 0.05) is 67.9 Å². The molecular weight excluding hydrogens is 744 g/mol. The summed E-state index contributed by atoms with van der Waals surface area (Å²) in [6.45, 7) is 7.57. The lowest BCUT2D eigenvalue weighted by Gasteiger charge is -2.36. The summed E-state index contributed by atoms with van der Waals surface area (Å²) in [6, 6.07) is 13.8. The van der Waals surface area contributed by atoms with Crippen molar-refractivity contribution in [1.82, 2.24) is 24.6 Å². The van der Waals surface area contributed by atoms with Crippen molar-refractivity contribution in [3.8, 4) is 22.9 Å². The summed E-state index contributed by atoms with van der Waals surface area (Å²) in [4.78, 5) is 27.4. The molecule has 58 heavy (non-hydrogen) atoms. The molecule has 5 aromatic rings. The number of carbonyl (C=O) groups is 1. The highest BCUT2D eigenvalue weighted by Gasteiger charge is 2.48. The Labute approximate surface area is 336 Å². The van der Waals surface area contributed by atoms with Crippen LogP contribution in [0.5, 0.6) is 11.8 Å². The van der Waals surface area contributed by atoms with Gasteiger partial charge >= 0.3 is 12.1 Å². The monoisotopic (exact) mass is 792 g/mol. The molecule has 2 aromatic heterocycles. The highest BCUT2D eigenvalue weighted by atomic mass is 19.1. The van der Waals surface area contributed by atoms with Crippen LogP contribution in [0.2, 0.25) is 0 Å². The minimum Gasteiger partial charge on any atom is -0.486 e. The van der Waals surface area contributed by atoms with E-state index >= 15 is 4.39 Å². The van der Waals surface area contributed by atoms with E-state index in [0.717, 1.165) is 71.6 Å². The lowest BCUT2D eigenvalue weighted by molar-refractivity contribution is -0.140. The second kappa shape index (κ2) is 14.6. The number of nitrogens with zero attached hydrogens (tertiary/aromatic N) is 6. The zero-order valence-electron chi connectivity index (χ0n) is 33.2. The van der Waals surface area contributed by atoms with Crippen LogP contribution in [-0.2, 0) is 20.8 Å². The SMILES string of the molecule is Cc1c(F)cc2c(cnn2C2CCCCO2)c1-c1c(C2CC2)cc2c(N3C[C@@H]4C[C@H]3CN4C(=O)OC(C)(C)O)nc(OC3CCOC3)nc2c1OCc1ccccc1. The second-order valence-electron chi connectivity index (χ2n) is 16.9. The van der Waals surface area contributed by atoms with Crippen molar-refractivity contribution in [2.24, 2.45) is 0 Å². The Morgan fingerprint density at radius 1 is 1.00 bits per heavy atom. The van der Waals surface area contributed by atoms with E-state index in [1.165, 1.54) is 13.8 Å². The largest absolute Gasteiger partial charge is 0.486 e. The number of aromatic nitrogens is 4. The van der Waals surface area contributed by atoms with Gasteiger partial charge in [0.2, 0.25) is 5.79 Å². The molecule has 4 aliphatic heterocycles. The summed E-state index contributed by atoms with van der Waals surface area (Å²) in [6.07, 6.45) is 7.02. The number of fused-ring (bicyclic) bond motifs is 4. The van der Waals surface area contributed by atoms with Crippen LogP contribution in [0.15, 0.2) is 48.7 Å². The van der Waals surface area contributed by atoms with E-state index in [9.17, 15) is 9.90 Å². The molecule has 5 aliphatic rings. The first-order valence-corrected chi connectivity index (χ1v) is 20.7. The number of piperazine rings is 1. The Morgan fingerprint density at radius 2 is 1.84 bits per heavy atom. The summed E-state index contributed by atoms with van der Waals surface area (Å²) in [5, 5.41) is 16.7. The Kier molecular flexibility index (Phi) is 9.40. The first-order valence-electron chi connectivity index (χ1n) is 20.7. The molecule has 1 aliphatic carbocycles. The quantitative estimate of drug-likeness (QED) is 0.141. The zero-order valence-corrected chi connectivity index (χ0v) is 33.2. The molecule has 304 valence electrons. The first kappa shape index (κ1) is 37.2. The van der Waals surface area contributed by atoms with Crippen molar-refractivity contribution in [1.29, 1.82) is 0 Å². The van der Waals surface area contributed by atoms with Gasteiger partial charge in [-0.2, -0.15) is 15.1 Å². The molecule has 0 radical (unpaired) electrons. The van der Waals surface area contributed by atoms with Crippen molar-refractivity contribution in [2.75, 3.05) is 37.8 Å². The lowest BCUT2D eigenvalue weighted by atomic mass is 9.88. The molecule has 2 unspecified atom stereocenters. The van der Waals surface area contributed by atoms with Gasteiger partial charge in [-0.1, -0.05) is 30.3 Å². The molecule has 0 spiro atoms. The Bertz CT molecular complexity index is 2370. The van der Waals surface area contributed by atoms with Crippen LogP contribution in [-0.4, -0.2) is 92.7 Å². The van der Waals surface area contributed by atoms with Gasteiger partial charge in [-0.25, -0.2) is 13.9 Å². The van der Waals surface area contributed by atoms with Crippen LogP contribution >= 0.6 is 0 Å². The number of halogens is 1. The van der Waals surface area contributed by atoms with Crippen molar-refractivity contribution >= 4 is 33.7 Å². The number of hydrogen-bond acceptors (Lipinski definition) is 11. The molecular formula is C44H49FN6O7. The van der Waals surface area contributed by atoms with Crippen LogP contribution in [0.1, 0.15) is 87.6 Å². The van der Waals surface area contributed by atoms with Crippen molar-refractivity contribution < 1.29 is 38.0 Å². The maximum Gasteiger partial charge on any atom is 0.412 e. The van der Waals surface area contributed by atoms with Gasteiger partial charge in [0.05, 0.1) is 37.0 Å². The maximum atomic E-state index is 16.5. The molecule has 1 N–H and O–H groups in total. The van der Waals surface area contributed by atoms with Crippen LogP contribution in [0, 0.1) is 12.7 Å². The number of ether oxygens (including phenoxy) is 5. The summed E-state index contributed by atoms with van der Waals surface area (Å²) in [5.41, 5.74) is 5.31. The van der Waals surface area contributed by atoms with Crippen LogP contribution in [0.25, 0.3) is 32.9 Å². The van der Waals surface area contributed by atoms with E-state index < -0.39 is 11.9 Å². The van der Waals surface area contributed by atoms with E-state index in [2.05, 4.69) is 11.0 Å². The van der Waals surface area contributed by atoms with E-state index in [-0.39, 0.29) is 48.8 Å². The summed E-state index contributed by atoms with van der Waals surface area (Å²) >= 11 is 0. The van der Waals surface area contributed by atoms with Crippen molar-refractivity contribution in [3.05, 3.63) is 71.2 Å². The van der Waals surface area contributed by atoms with Crippen molar-refractivity contribution in [2.45, 2.75) is 108 Å². The predicted octanol–water partition coefficient (Wildman–Crippen LogP) is 7.55. The lowest BCUT2D eigenvalue weighted by Crippen LogP contribution is -2.50. The number of likely N-dealkylation sites (tertiary alicyclic amines) is 1. The third-order valence-electron chi connectivity index (χ3n) is 12.2. The van der Waals surface area contributed by atoms with E-state index in [4.69, 9.17) is 38.8 Å². The van der Waals surface area contributed by atoms with E-state index in [1.54, 1.807) is 11.0 Å². The van der Waals surface area contributed by atoms with Gasteiger partial charge in [-0.15, -0.1) is 0 Å². The van der Waals surface area contributed by atoms with Gasteiger partial charge in [0.25, 0.3) is 0 Å². The summed E-state index contributed by atoms with van der Waals surface area (Å²) in [7, 11) is 0. The number of hydrogen-bond donors (Lipinski definition) is 1. The smallest absolute Gasteiger partial charge is 0.412 e. The Hall–Kier alpha value is -5.05. The first-order chi connectivity index (χ1) is 28.1. The molecule has 14 heteroatoms. The topological polar surface area (TPSA) is 134 Å². The number of amides is 1. The fourth-order valence-electron chi connectivity index (χ4n) is 9.24. The third kappa shape index (κ3) is 6.88. The fourth-order valence-corrected chi connectivity index (χ4v) is 9.24. The Balaban J connectivity index is 1.17. The molecule has 4 saturated heterocycles. The van der Waals surface area contributed by atoms with E-state index in [0.29, 0.717) is 67.5 Å². The molecule has 4 atom stereocenters. The van der Waals surface area contributed by atoms with Crippen LogP contribution in [0.4, 0.5) is 15.0 Å². The van der Waals surface area contributed by atoms with Gasteiger partial charge in [-0.3, -0.25) is 0 Å². The minimum atomic E-state index is -1.58. The number of rotatable bonds is 10. The molecule has 2 bridgehead atoms. The molecule has 10 rings (SSSR count). The van der Waals surface area contributed by atoms with Gasteiger partial charge < -0.3 is 38.6 Å².